The molecule has 1 fully saturated rings. The van der Waals surface area contributed by atoms with E-state index in [9.17, 15) is 13.2 Å². The summed E-state index contributed by atoms with van der Waals surface area (Å²) < 4.78 is 24.8. The van der Waals surface area contributed by atoms with Crippen LogP contribution in [0.3, 0.4) is 0 Å². The Labute approximate surface area is 108 Å². The Balaban J connectivity index is 2.36. The van der Waals surface area contributed by atoms with Gasteiger partial charge in [0.1, 0.15) is 5.37 Å². The lowest BCUT2D eigenvalue weighted by Gasteiger charge is -2.42. The van der Waals surface area contributed by atoms with Crippen LogP contribution in [0.5, 0.6) is 0 Å². The van der Waals surface area contributed by atoms with Crippen molar-refractivity contribution in [2.75, 3.05) is 0 Å². The van der Waals surface area contributed by atoms with E-state index < -0.39 is 23.3 Å². The first kappa shape index (κ1) is 13.3. The van der Waals surface area contributed by atoms with Gasteiger partial charge >= 0.3 is 0 Å². The van der Waals surface area contributed by atoms with Crippen LogP contribution in [-0.2, 0) is 14.6 Å². The van der Waals surface area contributed by atoms with Crippen molar-refractivity contribution >= 4 is 23.8 Å². The summed E-state index contributed by atoms with van der Waals surface area (Å²) in [5.74, 6) is -0.126. The quantitative estimate of drug-likeness (QED) is 0.677. The summed E-state index contributed by atoms with van der Waals surface area (Å²) in [5.41, 5.74) is -0.359. The maximum Gasteiger partial charge on any atom is 0.224 e. The molecule has 6 heteroatoms. The largest absolute Gasteiger partial charge is 0.339 e. The molecule has 1 aliphatic heterocycles. The minimum absolute atomic E-state index is 0.126. The molecule has 0 saturated carbocycles. The molecule has 0 unspecified atom stereocenters. The van der Waals surface area contributed by atoms with Crippen LogP contribution < -0.4 is 5.32 Å². The van der Waals surface area contributed by atoms with E-state index in [1.54, 1.807) is 30.3 Å². The molecule has 98 valence electrons. The Kier molecular flexibility index (Phi) is 3.10. The van der Waals surface area contributed by atoms with Crippen molar-refractivity contribution in [1.29, 1.82) is 0 Å². The van der Waals surface area contributed by atoms with E-state index in [0.29, 0.717) is 0 Å². The van der Waals surface area contributed by atoms with Gasteiger partial charge in [-0.05, 0) is 12.1 Å². The number of rotatable bonds is 3. The topological polar surface area (TPSA) is 63.2 Å². The molecule has 2 rings (SSSR count). The number of hydrogen-bond acceptors (Lipinski definition) is 3. The van der Waals surface area contributed by atoms with Crippen LogP contribution in [0, 0.1) is 0 Å². The summed E-state index contributed by atoms with van der Waals surface area (Å²) in [7, 11) is -5.30. The molecule has 0 bridgehead atoms. The maximum atomic E-state index is 12.4. The summed E-state index contributed by atoms with van der Waals surface area (Å²) >= 11 is 0. The average Bonchev–Trinajstić information content (AvgIpc) is 2.24. The van der Waals surface area contributed by atoms with Crippen molar-refractivity contribution < 1.29 is 13.2 Å². The van der Waals surface area contributed by atoms with Crippen LogP contribution in [0.25, 0.3) is 0 Å². The summed E-state index contributed by atoms with van der Waals surface area (Å²) in [6.45, 7) is 6.05. The van der Waals surface area contributed by atoms with E-state index >= 15 is 0 Å². The Morgan fingerprint density at radius 2 is 1.67 bits per heavy atom. The predicted octanol–water partition coefficient (Wildman–Crippen LogP) is 1.62. The molecule has 1 aliphatic rings. The fourth-order valence-electron chi connectivity index (χ4n) is 2.22. The lowest BCUT2D eigenvalue weighted by Crippen LogP contribution is -2.65. The molecular weight excluding hydrogens is 266 g/mol. The number of nitrogens with one attached hydrogen (secondary N) is 1. The van der Waals surface area contributed by atoms with E-state index in [4.69, 9.17) is 0 Å². The van der Waals surface area contributed by atoms with Crippen LogP contribution in [-0.4, -0.2) is 27.8 Å². The predicted molar refractivity (Wildman–Crippen MR) is 72.7 cm³/mol. The highest BCUT2D eigenvalue weighted by atomic mass is 32.2. The third-order valence-corrected chi connectivity index (χ3v) is 7.90. The fourth-order valence-corrected chi connectivity index (χ4v) is 7.42. The molecule has 0 radical (unpaired) electrons. The molecule has 0 aliphatic carbocycles. The fraction of sp³-hybridized carbons (Fsp3) is 0.417. The van der Waals surface area contributed by atoms with E-state index in [-0.39, 0.29) is 16.3 Å². The number of benzene rings is 1. The van der Waals surface area contributed by atoms with Gasteiger partial charge in [0.25, 0.3) is 0 Å². The third kappa shape index (κ3) is 2.10. The summed E-state index contributed by atoms with van der Waals surface area (Å²) in [6, 6.07) is 8.30. The standard InChI is InChI=1S/C12H17NO3SSi/c1-18(2,3)10-11(14)13-12(10)17(15,16)9-7-5-4-6-8-9/h4-8,10,12H,1-3H3,(H,13,14)/t10-,12+/m0/s1. The van der Waals surface area contributed by atoms with Gasteiger partial charge in [0.05, 0.1) is 18.5 Å². The van der Waals surface area contributed by atoms with Gasteiger partial charge in [-0.25, -0.2) is 8.42 Å². The van der Waals surface area contributed by atoms with Crippen molar-refractivity contribution in [3.8, 4) is 0 Å². The first-order chi connectivity index (χ1) is 8.24. The molecule has 4 nitrogen and oxygen atoms in total. The van der Waals surface area contributed by atoms with E-state index in [2.05, 4.69) is 5.32 Å². The van der Waals surface area contributed by atoms with Crippen molar-refractivity contribution in [3.05, 3.63) is 30.3 Å². The van der Waals surface area contributed by atoms with Crippen molar-refractivity contribution in [2.24, 2.45) is 0 Å². The number of hydrogen-bond donors (Lipinski definition) is 1. The second kappa shape index (κ2) is 4.20. The molecule has 0 spiro atoms. The van der Waals surface area contributed by atoms with Crippen LogP contribution in [0.4, 0.5) is 0 Å². The number of amides is 1. The van der Waals surface area contributed by atoms with E-state index in [1.807, 2.05) is 19.6 Å². The summed E-state index contributed by atoms with van der Waals surface area (Å²) in [5, 5.41) is 1.80. The zero-order valence-corrected chi connectivity index (χ0v) is 12.5. The molecule has 1 amide bonds. The smallest absolute Gasteiger partial charge is 0.224 e. The minimum Gasteiger partial charge on any atom is -0.339 e. The monoisotopic (exact) mass is 283 g/mol. The lowest BCUT2D eigenvalue weighted by molar-refractivity contribution is -0.126. The molecule has 2 atom stereocenters. The SMILES string of the molecule is C[Si](C)(C)[C@H]1C(=O)N[C@@H]1S(=O)(=O)c1ccccc1. The number of carbonyl (C=O) groups excluding carboxylic acids is 1. The number of carbonyl (C=O) groups is 1. The van der Waals surface area contributed by atoms with Gasteiger partial charge in [0.2, 0.25) is 5.91 Å². The van der Waals surface area contributed by atoms with Gasteiger partial charge in [0, 0.05) is 0 Å². The Hall–Kier alpha value is -1.14. The highest BCUT2D eigenvalue weighted by molar-refractivity contribution is 7.92. The van der Waals surface area contributed by atoms with Gasteiger partial charge in [-0.2, -0.15) is 0 Å². The Bertz CT molecular complexity index is 563. The van der Waals surface area contributed by atoms with Crippen LogP contribution in [0.15, 0.2) is 35.2 Å². The highest BCUT2D eigenvalue weighted by Crippen LogP contribution is 2.37. The molecule has 1 heterocycles. The van der Waals surface area contributed by atoms with E-state index in [1.165, 1.54) is 0 Å². The molecule has 1 aromatic carbocycles. The van der Waals surface area contributed by atoms with Crippen molar-refractivity contribution in [1.82, 2.24) is 5.32 Å². The summed E-state index contributed by atoms with van der Waals surface area (Å²) in [4.78, 5) is 11.9. The number of β-lactam (4-membered cyclic amide) rings is 1. The Morgan fingerprint density at radius 1 is 1.11 bits per heavy atom. The molecule has 1 aromatic rings. The van der Waals surface area contributed by atoms with Gasteiger partial charge in [-0.3, -0.25) is 4.79 Å². The van der Waals surface area contributed by atoms with Crippen molar-refractivity contribution in [2.45, 2.75) is 35.5 Å². The van der Waals surface area contributed by atoms with Crippen LogP contribution in [0.2, 0.25) is 25.2 Å². The molecule has 0 aromatic heterocycles. The third-order valence-electron chi connectivity index (χ3n) is 3.21. The maximum absolute atomic E-state index is 12.4. The number of sulfone groups is 1. The average molecular weight is 283 g/mol. The molecule has 1 saturated heterocycles. The van der Waals surface area contributed by atoms with Gasteiger partial charge in [-0.1, -0.05) is 37.8 Å². The lowest BCUT2D eigenvalue weighted by atomic mass is 10.2. The van der Waals surface area contributed by atoms with Gasteiger partial charge < -0.3 is 5.32 Å². The molecule has 1 N–H and O–H groups in total. The van der Waals surface area contributed by atoms with Gasteiger partial charge in [-0.15, -0.1) is 0 Å². The van der Waals surface area contributed by atoms with Gasteiger partial charge in [0.15, 0.2) is 9.84 Å². The van der Waals surface area contributed by atoms with Crippen LogP contribution >= 0.6 is 0 Å². The normalized spacial score (nSPS) is 24.3. The zero-order chi connectivity index (χ0) is 13.6. The second-order valence-corrected chi connectivity index (χ2v) is 13.1. The van der Waals surface area contributed by atoms with Crippen LogP contribution in [0.1, 0.15) is 0 Å². The molecular formula is C12H17NO3SSi. The first-order valence-corrected chi connectivity index (χ1v) is 11.0. The Morgan fingerprint density at radius 3 is 2.11 bits per heavy atom. The van der Waals surface area contributed by atoms with E-state index in [0.717, 1.165) is 0 Å². The minimum atomic E-state index is -3.46. The second-order valence-electron chi connectivity index (χ2n) is 5.63. The zero-order valence-electron chi connectivity index (χ0n) is 10.7. The highest BCUT2D eigenvalue weighted by Gasteiger charge is 2.53. The van der Waals surface area contributed by atoms with Crippen molar-refractivity contribution in [3.63, 3.8) is 0 Å². The first-order valence-electron chi connectivity index (χ1n) is 5.84. The summed E-state index contributed by atoms with van der Waals surface area (Å²) in [6.07, 6.45) is 0. The molecule has 18 heavy (non-hydrogen) atoms.